The zero-order valence-corrected chi connectivity index (χ0v) is 20.8. The van der Waals surface area contributed by atoms with E-state index in [1.165, 1.54) is 141 Å². The third-order valence-corrected chi connectivity index (χ3v) is 7.04. The summed E-state index contributed by atoms with van der Waals surface area (Å²) in [4.78, 5) is 5.30. The topological polar surface area (TPSA) is 6.48 Å². The number of unbranched alkanes of at least 4 members (excludes halogenated alkanes) is 15. The second-order valence-electron chi connectivity index (χ2n) is 9.91. The molecule has 1 aliphatic heterocycles. The van der Waals surface area contributed by atoms with Gasteiger partial charge in [0.1, 0.15) is 0 Å². The van der Waals surface area contributed by atoms with E-state index in [0.29, 0.717) is 0 Å². The quantitative estimate of drug-likeness (QED) is 0.206. The van der Waals surface area contributed by atoms with Gasteiger partial charge >= 0.3 is 0 Å². The van der Waals surface area contributed by atoms with Gasteiger partial charge in [0, 0.05) is 32.7 Å². The van der Waals surface area contributed by atoms with Crippen molar-refractivity contribution in [2.45, 2.75) is 116 Å². The molecule has 0 aliphatic carbocycles. The largest absolute Gasteiger partial charge is 0.301 e. The summed E-state index contributed by atoms with van der Waals surface area (Å²) in [7, 11) is 0. The third-order valence-electron chi connectivity index (χ3n) is 7.04. The van der Waals surface area contributed by atoms with Crippen LogP contribution in [0.1, 0.15) is 115 Å². The highest BCUT2D eigenvalue weighted by molar-refractivity contribution is 5.14. The van der Waals surface area contributed by atoms with Gasteiger partial charge in [-0.1, -0.05) is 134 Å². The zero-order valence-electron chi connectivity index (χ0n) is 20.8. The first-order chi connectivity index (χ1) is 15.4. The SMILES string of the molecule is CCCCCCCCCCCCCCCCCCN1CCN(Cc2ccccc2)CC1. The summed E-state index contributed by atoms with van der Waals surface area (Å²) < 4.78 is 0. The van der Waals surface area contributed by atoms with Crippen molar-refractivity contribution in [2.24, 2.45) is 0 Å². The Hall–Kier alpha value is -0.860. The van der Waals surface area contributed by atoms with Crippen LogP contribution >= 0.6 is 0 Å². The van der Waals surface area contributed by atoms with E-state index in [4.69, 9.17) is 0 Å². The second-order valence-corrected chi connectivity index (χ2v) is 9.91. The van der Waals surface area contributed by atoms with E-state index < -0.39 is 0 Å². The standard InChI is InChI=1S/C29H52N2/c1-2-3-4-5-6-7-8-9-10-11-12-13-14-15-16-20-23-30-24-26-31(27-25-30)28-29-21-18-17-19-22-29/h17-19,21-22H,2-16,20,23-28H2,1H3. The van der Waals surface area contributed by atoms with Crippen molar-refractivity contribution in [3.8, 4) is 0 Å². The molecule has 0 radical (unpaired) electrons. The van der Waals surface area contributed by atoms with Crippen LogP contribution in [-0.4, -0.2) is 42.5 Å². The van der Waals surface area contributed by atoms with Crippen molar-refractivity contribution >= 4 is 0 Å². The van der Waals surface area contributed by atoms with Crippen LogP contribution in [0.4, 0.5) is 0 Å². The third kappa shape index (κ3) is 14.0. The van der Waals surface area contributed by atoms with Crippen LogP contribution in [0.15, 0.2) is 30.3 Å². The minimum Gasteiger partial charge on any atom is -0.301 e. The number of nitrogens with zero attached hydrogens (tertiary/aromatic N) is 2. The summed E-state index contributed by atoms with van der Waals surface area (Å²) in [6.07, 6.45) is 23.3. The average Bonchev–Trinajstić information content (AvgIpc) is 2.80. The molecule has 0 unspecified atom stereocenters. The first-order valence-electron chi connectivity index (χ1n) is 13.9. The normalized spacial score (nSPS) is 15.5. The fourth-order valence-corrected chi connectivity index (χ4v) is 4.90. The van der Waals surface area contributed by atoms with Crippen molar-refractivity contribution in [1.29, 1.82) is 0 Å². The lowest BCUT2D eigenvalue weighted by molar-refractivity contribution is 0.125. The van der Waals surface area contributed by atoms with Crippen LogP contribution in [0.5, 0.6) is 0 Å². The minimum atomic E-state index is 1.12. The number of hydrogen-bond donors (Lipinski definition) is 0. The Labute approximate surface area is 194 Å². The van der Waals surface area contributed by atoms with Gasteiger partial charge in [-0.2, -0.15) is 0 Å². The molecular formula is C29H52N2. The van der Waals surface area contributed by atoms with E-state index in [9.17, 15) is 0 Å². The van der Waals surface area contributed by atoms with Gasteiger partial charge in [0.15, 0.2) is 0 Å². The van der Waals surface area contributed by atoms with Crippen molar-refractivity contribution in [3.63, 3.8) is 0 Å². The Morgan fingerprint density at radius 1 is 0.516 bits per heavy atom. The maximum Gasteiger partial charge on any atom is 0.0234 e. The molecule has 0 amide bonds. The van der Waals surface area contributed by atoms with Crippen LogP contribution in [-0.2, 0) is 6.54 Å². The van der Waals surface area contributed by atoms with E-state index in [1.54, 1.807) is 0 Å². The molecule has 178 valence electrons. The number of benzene rings is 1. The Balaban J connectivity index is 1.29. The minimum absolute atomic E-state index is 1.12. The molecule has 1 heterocycles. The monoisotopic (exact) mass is 428 g/mol. The summed E-state index contributed by atoms with van der Waals surface area (Å²) in [6, 6.07) is 10.9. The van der Waals surface area contributed by atoms with Crippen LogP contribution in [0.25, 0.3) is 0 Å². The molecule has 0 bridgehead atoms. The van der Waals surface area contributed by atoms with Gasteiger partial charge in [0.2, 0.25) is 0 Å². The van der Waals surface area contributed by atoms with Gasteiger partial charge in [-0.15, -0.1) is 0 Å². The molecular weight excluding hydrogens is 376 g/mol. The summed E-state index contributed by atoms with van der Waals surface area (Å²) in [5.41, 5.74) is 1.45. The maximum absolute atomic E-state index is 2.69. The van der Waals surface area contributed by atoms with Crippen molar-refractivity contribution in [1.82, 2.24) is 9.80 Å². The predicted octanol–water partition coefficient (Wildman–Crippen LogP) is 8.07. The zero-order chi connectivity index (χ0) is 21.8. The predicted molar refractivity (Wildman–Crippen MR) is 138 cm³/mol. The fraction of sp³-hybridized carbons (Fsp3) is 0.793. The summed E-state index contributed by atoms with van der Waals surface area (Å²) >= 11 is 0. The van der Waals surface area contributed by atoms with E-state index in [1.807, 2.05) is 0 Å². The lowest BCUT2D eigenvalue weighted by Crippen LogP contribution is -2.46. The molecule has 0 spiro atoms. The van der Waals surface area contributed by atoms with Gasteiger partial charge in [-0.3, -0.25) is 4.90 Å². The Bertz CT molecular complexity index is 493. The maximum atomic E-state index is 2.69. The van der Waals surface area contributed by atoms with Gasteiger partial charge in [-0.25, -0.2) is 0 Å². The lowest BCUT2D eigenvalue weighted by atomic mass is 10.0. The van der Waals surface area contributed by atoms with E-state index >= 15 is 0 Å². The fourth-order valence-electron chi connectivity index (χ4n) is 4.90. The van der Waals surface area contributed by atoms with Crippen LogP contribution in [0, 0.1) is 0 Å². The molecule has 1 aromatic rings. The van der Waals surface area contributed by atoms with E-state index in [2.05, 4.69) is 47.1 Å². The molecule has 2 heteroatoms. The molecule has 1 saturated heterocycles. The molecule has 2 rings (SSSR count). The highest BCUT2D eigenvalue weighted by Crippen LogP contribution is 2.14. The van der Waals surface area contributed by atoms with Crippen molar-refractivity contribution in [2.75, 3.05) is 32.7 Å². The van der Waals surface area contributed by atoms with Crippen molar-refractivity contribution < 1.29 is 0 Å². The molecule has 1 aliphatic rings. The van der Waals surface area contributed by atoms with E-state index in [0.717, 1.165) is 6.54 Å². The number of hydrogen-bond acceptors (Lipinski definition) is 2. The highest BCUT2D eigenvalue weighted by atomic mass is 15.3. The molecule has 2 nitrogen and oxygen atoms in total. The summed E-state index contributed by atoms with van der Waals surface area (Å²) in [6.45, 7) is 9.71. The summed E-state index contributed by atoms with van der Waals surface area (Å²) in [5.74, 6) is 0. The van der Waals surface area contributed by atoms with Gasteiger partial charge in [-0.05, 0) is 18.5 Å². The molecule has 0 saturated carbocycles. The second kappa shape index (κ2) is 18.7. The van der Waals surface area contributed by atoms with Gasteiger partial charge in [0.05, 0.1) is 0 Å². The molecule has 1 aromatic carbocycles. The van der Waals surface area contributed by atoms with Gasteiger partial charge in [0.25, 0.3) is 0 Å². The molecule has 1 fully saturated rings. The Morgan fingerprint density at radius 2 is 0.935 bits per heavy atom. The smallest absolute Gasteiger partial charge is 0.0234 e. The highest BCUT2D eigenvalue weighted by Gasteiger charge is 2.16. The summed E-state index contributed by atoms with van der Waals surface area (Å²) in [5, 5.41) is 0. The molecule has 0 atom stereocenters. The first kappa shape index (κ1) is 26.4. The van der Waals surface area contributed by atoms with Crippen LogP contribution in [0.2, 0.25) is 0 Å². The average molecular weight is 429 g/mol. The van der Waals surface area contributed by atoms with Crippen LogP contribution < -0.4 is 0 Å². The first-order valence-corrected chi connectivity index (χ1v) is 13.9. The number of rotatable bonds is 19. The molecule has 31 heavy (non-hydrogen) atoms. The Kier molecular flexibility index (Phi) is 15.9. The van der Waals surface area contributed by atoms with Crippen molar-refractivity contribution in [3.05, 3.63) is 35.9 Å². The van der Waals surface area contributed by atoms with Gasteiger partial charge < -0.3 is 4.90 Å². The molecule has 0 aromatic heterocycles. The molecule has 0 N–H and O–H groups in total. The number of piperazine rings is 1. The lowest BCUT2D eigenvalue weighted by Gasteiger charge is -2.34. The van der Waals surface area contributed by atoms with Crippen LogP contribution in [0.3, 0.4) is 0 Å². The Morgan fingerprint density at radius 3 is 1.42 bits per heavy atom. The van der Waals surface area contributed by atoms with E-state index in [-0.39, 0.29) is 0 Å².